The van der Waals surface area contributed by atoms with Crippen molar-refractivity contribution in [1.29, 1.82) is 5.26 Å². The summed E-state index contributed by atoms with van der Waals surface area (Å²) in [6.07, 6.45) is 1.88. The summed E-state index contributed by atoms with van der Waals surface area (Å²) in [6.45, 7) is 8.05. The Hall–Kier alpha value is -2.12. The molecular weight excluding hydrogens is 248 g/mol. The van der Waals surface area contributed by atoms with E-state index >= 15 is 0 Å². The molecule has 1 aromatic heterocycles. The lowest BCUT2D eigenvalue weighted by molar-refractivity contribution is 0.552. The van der Waals surface area contributed by atoms with Crippen molar-refractivity contribution in [3.05, 3.63) is 47.3 Å². The molecular formula is C16H20N4. The van der Waals surface area contributed by atoms with Crippen LogP contribution in [0.1, 0.15) is 30.7 Å². The monoisotopic (exact) mass is 268 g/mol. The molecule has 0 fully saturated rings. The molecule has 0 amide bonds. The second kappa shape index (κ2) is 6.36. The summed E-state index contributed by atoms with van der Waals surface area (Å²) >= 11 is 0. The van der Waals surface area contributed by atoms with Gasteiger partial charge in [-0.2, -0.15) is 10.4 Å². The molecule has 2 aromatic rings. The zero-order valence-corrected chi connectivity index (χ0v) is 12.2. The van der Waals surface area contributed by atoms with Crippen LogP contribution in [-0.4, -0.2) is 16.3 Å². The van der Waals surface area contributed by atoms with E-state index in [9.17, 15) is 5.26 Å². The molecule has 0 radical (unpaired) electrons. The molecule has 104 valence electrons. The first-order chi connectivity index (χ1) is 9.60. The molecule has 0 bridgehead atoms. The number of nitrogens with one attached hydrogen (secondary N) is 1. The van der Waals surface area contributed by atoms with Crippen LogP contribution in [0.25, 0.3) is 5.69 Å². The van der Waals surface area contributed by atoms with Crippen molar-refractivity contribution in [3.63, 3.8) is 0 Å². The summed E-state index contributed by atoms with van der Waals surface area (Å²) in [5, 5.41) is 17.1. The van der Waals surface area contributed by atoms with E-state index < -0.39 is 0 Å². The van der Waals surface area contributed by atoms with Crippen molar-refractivity contribution < 1.29 is 0 Å². The molecule has 1 aromatic carbocycles. The quantitative estimate of drug-likeness (QED) is 0.907. The highest BCUT2D eigenvalue weighted by molar-refractivity contribution is 5.50. The van der Waals surface area contributed by atoms with Crippen LogP contribution in [0.15, 0.2) is 30.5 Å². The summed E-state index contributed by atoms with van der Waals surface area (Å²) in [7, 11) is 0. The summed E-state index contributed by atoms with van der Waals surface area (Å²) in [4.78, 5) is 0. The summed E-state index contributed by atoms with van der Waals surface area (Å²) in [5.74, 6) is 0.622. The van der Waals surface area contributed by atoms with Crippen LogP contribution in [0.3, 0.4) is 0 Å². The molecule has 20 heavy (non-hydrogen) atoms. The molecule has 0 aliphatic carbocycles. The van der Waals surface area contributed by atoms with Gasteiger partial charge in [0.15, 0.2) is 0 Å². The molecule has 1 N–H and O–H groups in total. The Morgan fingerprint density at radius 2 is 2.15 bits per heavy atom. The lowest BCUT2D eigenvalue weighted by Crippen LogP contribution is -2.19. The van der Waals surface area contributed by atoms with Crippen LogP contribution < -0.4 is 5.32 Å². The normalized spacial score (nSPS) is 10.8. The van der Waals surface area contributed by atoms with Crippen molar-refractivity contribution >= 4 is 0 Å². The molecule has 2 rings (SSSR count). The Bertz CT molecular complexity index is 620. The fraction of sp³-hybridized carbons (Fsp3) is 0.375. The minimum Gasteiger partial charge on any atom is -0.312 e. The zero-order chi connectivity index (χ0) is 14.5. The predicted octanol–water partition coefficient (Wildman–Crippen LogP) is 2.80. The van der Waals surface area contributed by atoms with Crippen LogP contribution in [-0.2, 0) is 6.54 Å². The molecule has 0 aliphatic rings. The molecule has 0 spiro atoms. The highest BCUT2D eigenvalue weighted by Gasteiger charge is 2.07. The molecule has 0 atom stereocenters. The molecule has 4 heteroatoms. The summed E-state index contributed by atoms with van der Waals surface area (Å²) in [5.41, 5.74) is 3.54. The van der Waals surface area contributed by atoms with E-state index in [1.54, 1.807) is 4.68 Å². The third kappa shape index (κ3) is 3.46. The van der Waals surface area contributed by atoms with E-state index in [2.05, 4.69) is 30.3 Å². The van der Waals surface area contributed by atoms with E-state index in [1.165, 1.54) is 0 Å². The summed E-state index contributed by atoms with van der Waals surface area (Å²) in [6, 6.07) is 10.1. The highest BCUT2D eigenvalue weighted by atomic mass is 15.3. The van der Waals surface area contributed by atoms with Crippen LogP contribution in [0.2, 0.25) is 0 Å². The van der Waals surface area contributed by atoms with Crippen molar-refractivity contribution in [2.24, 2.45) is 5.92 Å². The van der Waals surface area contributed by atoms with E-state index in [1.807, 2.05) is 37.4 Å². The molecule has 0 saturated carbocycles. The maximum absolute atomic E-state index is 9.31. The first-order valence-electron chi connectivity index (χ1n) is 6.86. The standard InChI is InChI=1S/C16H20N4/c1-12(2)10-18-11-14-4-5-16(15(8-14)9-17)20-7-6-13(3)19-20/h4-8,12,18H,10-11H2,1-3H3. The Balaban J connectivity index is 2.18. The Morgan fingerprint density at radius 3 is 2.75 bits per heavy atom. The second-order valence-corrected chi connectivity index (χ2v) is 5.39. The van der Waals surface area contributed by atoms with Gasteiger partial charge in [-0.25, -0.2) is 4.68 Å². The molecule has 0 saturated heterocycles. The van der Waals surface area contributed by atoms with E-state index in [-0.39, 0.29) is 0 Å². The van der Waals surface area contributed by atoms with Crippen LogP contribution in [0.5, 0.6) is 0 Å². The zero-order valence-electron chi connectivity index (χ0n) is 12.2. The van der Waals surface area contributed by atoms with Gasteiger partial charge in [-0.05, 0) is 43.1 Å². The number of rotatable bonds is 5. The van der Waals surface area contributed by atoms with Crippen molar-refractivity contribution in [1.82, 2.24) is 15.1 Å². The number of benzene rings is 1. The lowest BCUT2D eigenvalue weighted by atomic mass is 10.1. The number of hydrogen-bond acceptors (Lipinski definition) is 3. The van der Waals surface area contributed by atoms with Gasteiger partial charge in [-0.15, -0.1) is 0 Å². The Morgan fingerprint density at radius 1 is 1.35 bits per heavy atom. The van der Waals surface area contributed by atoms with Gasteiger partial charge in [0.05, 0.1) is 16.9 Å². The van der Waals surface area contributed by atoms with Gasteiger partial charge >= 0.3 is 0 Å². The fourth-order valence-corrected chi connectivity index (χ4v) is 2.04. The Kier molecular flexibility index (Phi) is 4.54. The van der Waals surface area contributed by atoms with Crippen LogP contribution in [0, 0.1) is 24.2 Å². The van der Waals surface area contributed by atoms with Gasteiger partial charge in [-0.3, -0.25) is 0 Å². The van der Waals surface area contributed by atoms with Crippen LogP contribution >= 0.6 is 0 Å². The van der Waals surface area contributed by atoms with Gasteiger partial charge in [-0.1, -0.05) is 19.9 Å². The van der Waals surface area contributed by atoms with Gasteiger partial charge in [0.1, 0.15) is 6.07 Å². The third-order valence-corrected chi connectivity index (χ3v) is 3.03. The minimum absolute atomic E-state index is 0.622. The molecule has 0 aliphatic heterocycles. The average Bonchev–Trinajstić information content (AvgIpc) is 2.84. The summed E-state index contributed by atoms with van der Waals surface area (Å²) < 4.78 is 1.75. The highest BCUT2D eigenvalue weighted by Crippen LogP contribution is 2.16. The minimum atomic E-state index is 0.622. The Labute approximate surface area is 120 Å². The smallest absolute Gasteiger partial charge is 0.101 e. The van der Waals surface area contributed by atoms with Gasteiger partial charge in [0.2, 0.25) is 0 Å². The van der Waals surface area contributed by atoms with Gasteiger partial charge in [0, 0.05) is 12.7 Å². The van der Waals surface area contributed by atoms with Crippen molar-refractivity contribution in [2.75, 3.05) is 6.54 Å². The number of hydrogen-bond donors (Lipinski definition) is 1. The largest absolute Gasteiger partial charge is 0.312 e. The van der Waals surface area contributed by atoms with Crippen LogP contribution in [0.4, 0.5) is 0 Å². The fourth-order valence-electron chi connectivity index (χ4n) is 2.04. The van der Waals surface area contributed by atoms with E-state index in [0.29, 0.717) is 11.5 Å². The van der Waals surface area contributed by atoms with Gasteiger partial charge in [0.25, 0.3) is 0 Å². The molecule has 0 unspecified atom stereocenters. The molecule has 4 nitrogen and oxygen atoms in total. The molecule has 1 heterocycles. The van der Waals surface area contributed by atoms with E-state index in [4.69, 9.17) is 0 Å². The van der Waals surface area contributed by atoms with Gasteiger partial charge < -0.3 is 5.32 Å². The topological polar surface area (TPSA) is 53.6 Å². The number of aryl methyl sites for hydroxylation is 1. The third-order valence-electron chi connectivity index (χ3n) is 3.03. The van der Waals surface area contributed by atoms with Crippen molar-refractivity contribution in [3.8, 4) is 11.8 Å². The van der Waals surface area contributed by atoms with Crippen molar-refractivity contribution in [2.45, 2.75) is 27.3 Å². The number of nitrogens with zero attached hydrogens (tertiary/aromatic N) is 3. The SMILES string of the molecule is Cc1ccn(-c2ccc(CNCC(C)C)cc2C#N)n1. The van der Waals surface area contributed by atoms with E-state index in [0.717, 1.165) is 30.0 Å². The maximum Gasteiger partial charge on any atom is 0.101 e. The first kappa shape index (κ1) is 14.3. The predicted molar refractivity (Wildman–Crippen MR) is 79.6 cm³/mol. The number of nitriles is 1. The first-order valence-corrected chi connectivity index (χ1v) is 6.86. The average molecular weight is 268 g/mol. The second-order valence-electron chi connectivity index (χ2n) is 5.39. The lowest BCUT2D eigenvalue weighted by Gasteiger charge is -2.09. The maximum atomic E-state index is 9.31. The number of aromatic nitrogens is 2.